The van der Waals surface area contributed by atoms with Crippen molar-refractivity contribution in [3.8, 4) is 11.4 Å². The van der Waals surface area contributed by atoms with E-state index in [1.165, 1.54) is 11.3 Å². The van der Waals surface area contributed by atoms with Crippen molar-refractivity contribution in [1.82, 2.24) is 15.3 Å². The lowest BCUT2D eigenvalue weighted by atomic mass is 10.1. The number of carbonyl (C=O) groups is 1. The summed E-state index contributed by atoms with van der Waals surface area (Å²) in [5.74, 6) is 0.268. The molecule has 126 valence electrons. The predicted molar refractivity (Wildman–Crippen MR) is 94.6 cm³/mol. The lowest BCUT2D eigenvalue weighted by Crippen LogP contribution is -2.29. The number of aliphatic imine (C=N–C) groups is 1. The molecule has 1 saturated carbocycles. The molecule has 2 heterocycles. The summed E-state index contributed by atoms with van der Waals surface area (Å²) >= 11 is 1.35. The van der Waals surface area contributed by atoms with Crippen LogP contribution >= 0.6 is 11.3 Å². The van der Waals surface area contributed by atoms with E-state index in [4.69, 9.17) is 11.5 Å². The summed E-state index contributed by atoms with van der Waals surface area (Å²) in [4.78, 5) is 24.9. The molecule has 1 aliphatic rings. The number of rotatable bonds is 5. The van der Waals surface area contributed by atoms with E-state index in [0.29, 0.717) is 17.4 Å². The topological polar surface area (TPSA) is 119 Å². The third kappa shape index (κ3) is 4.08. The van der Waals surface area contributed by atoms with Crippen LogP contribution in [0.2, 0.25) is 0 Å². The first-order valence-corrected chi connectivity index (χ1v) is 8.79. The SMILES string of the molecule is NC(N)=Nc1nc(-c2cccc(CNC(=O)C3CCCC3)n2)cs1. The van der Waals surface area contributed by atoms with Crippen LogP contribution in [0.1, 0.15) is 31.4 Å². The van der Waals surface area contributed by atoms with Gasteiger partial charge in [0.25, 0.3) is 0 Å². The number of nitrogens with one attached hydrogen (secondary N) is 1. The van der Waals surface area contributed by atoms with Gasteiger partial charge in [-0.15, -0.1) is 11.3 Å². The molecule has 0 radical (unpaired) electrons. The van der Waals surface area contributed by atoms with Crippen LogP contribution in [-0.2, 0) is 11.3 Å². The van der Waals surface area contributed by atoms with E-state index in [1.807, 2.05) is 23.6 Å². The van der Waals surface area contributed by atoms with E-state index in [-0.39, 0.29) is 17.8 Å². The number of hydrogen-bond acceptors (Lipinski definition) is 5. The van der Waals surface area contributed by atoms with Gasteiger partial charge in [0.2, 0.25) is 11.0 Å². The van der Waals surface area contributed by atoms with Gasteiger partial charge in [0, 0.05) is 11.3 Å². The van der Waals surface area contributed by atoms with Gasteiger partial charge < -0.3 is 16.8 Å². The Balaban J connectivity index is 1.66. The van der Waals surface area contributed by atoms with Crippen molar-refractivity contribution in [3.63, 3.8) is 0 Å². The first kappa shape index (κ1) is 16.4. The zero-order chi connectivity index (χ0) is 16.9. The number of nitrogens with two attached hydrogens (primary N) is 2. The van der Waals surface area contributed by atoms with E-state index in [9.17, 15) is 4.79 Å². The van der Waals surface area contributed by atoms with Gasteiger partial charge in [0.05, 0.1) is 17.9 Å². The first-order valence-electron chi connectivity index (χ1n) is 7.91. The lowest BCUT2D eigenvalue weighted by Gasteiger charge is -2.10. The van der Waals surface area contributed by atoms with Gasteiger partial charge >= 0.3 is 0 Å². The Morgan fingerprint density at radius 2 is 2.04 bits per heavy atom. The molecule has 0 aromatic carbocycles. The number of aromatic nitrogens is 2. The molecule has 0 unspecified atom stereocenters. The van der Waals surface area contributed by atoms with Crippen molar-refractivity contribution >= 4 is 28.3 Å². The molecular formula is C16H20N6OS. The van der Waals surface area contributed by atoms with Crippen molar-refractivity contribution in [1.29, 1.82) is 0 Å². The maximum Gasteiger partial charge on any atom is 0.223 e. The maximum absolute atomic E-state index is 12.1. The monoisotopic (exact) mass is 344 g/mol. The Morgan fingerprint density at radius 3 is 2.79 bits per heavy atom. The van der Waals surface area contributed by atoms with E-state index in [1.54, 1.807) is 0 Å². The number of nitrogens with zero attached hydrogens (tertiary/aromatic N) is 3. The van der Waals surface area contributed by atoms with E-state index < -0.39 is 0 Å². The normalized spacial score (nSPS) is 14.5. The zero-order valence-electron chi connectivity index (χ0n) is 13.2. The molecular weight excluding hydrogens is 324 g/mol. The molecule has 0 atom stereocenters. The molecule has 7 nitrogen and oxygen atoms in total. The minimum absolute atomic E-state index is 0.0211. The van der Waals surface area contributed by atoms with Gasteiger partial charge in [-0.25, -0.2) is 9.97 Å². The highest BCUT2D eigenvalue weighted by Gasteiger charge is 2.22. The smallest absolute Gasteiger partial charge is 0.223 e. The van der Waals surface area contributed by atoms with Crippen molar-refractivity contribution in [2.45, 2.75) is 32.2 Å². The first-order chi connectivity index (χ1) is 11.6. The molecule has 0 aliphatic heterocycles. The summed E-state index contributed by atoms with van der Waals surface area (Å²) in [5.41, 5.74) is 13.0. The highest BCUT2D eigenvalue weighted by Crippen LogP contribution is 2.26. The fraction of sp³-hybridized carbons (Fsp3) is 0.375. The molecule has 5 N–H and O–H groups in total. The van der Waals surface area contributed by atoms with Crippen LogP contribution in [0.25, 0.3) is 11.4 Å². The Morgan fingerprint density at radius 1 is 1.25 bits per heavy atom. The number of hydrogen-bond donors (Lipinski definition) is 3. The molecule has 24 heavy (non-hydrogen) atoms. The summed E-state index contributed by atoms with van der Waals surface area (Å²) in [5, 5.41) is 5.32. The third-order valence-corrected chi connectivity index (χ3v) is 4.69. The van der Waals surface area contributed by atoms with Gasteiger partial charge in [-0.2, -0.15) is 4.99 Å². The molecule has 0 saturated heterocycles. The minimum atomic E-state index is -0.0211. The Bertz CT molecular complexity index is 747. The molecule has 1 aliphatic carbocycles. The average Bonchev–Trinajstić information content (AvgIpc) is 3.24. The van der Waals surface area contributed by atoms with Crippen molar-refractivity contribution in [2.75, 3.05) is 0 Å². The number of amides is 1. The van der Waals surface area contributed by atoms with Crippen molar-refractivity contribution < 1.29 is 4.79 Å². The van der Waals surface area contributed by atoms with Crippen LogP contribution in [0.4, 0.5) is 5.13 Å². The lowest BCUT2D eigenvalue weighted by molar-refractivity contribution is -0.124. The van der Waals surface area contributed by atoms with Gasteiger partial charge in [0.1, 0.15) is 5.69 Å². The van der Waals surface area contributed by atoms with Crippen molar-refractivity contribution in [3.05, 3.63) is 29.3 Å². The maximum atomic E-state index is 12.1. The molecule has 2 aromatic rings. The minimum Gasteiger partial charge on any atom is -0.370 e. The predicted octanol–water partition coefficient (Wildman–Crippen LogP) is 1.92. The molecule has 0 bridgehead atoms. The second kappa shape index (κ2) is 7.39. The highest BCUT2D eigenvalue weighted by atomic mass is 32.1. The second-order valence-electron chi connectivity index (χ2n) is 5.77. The van der Waals surface area contributed by atoms with Crippen LogP contribution in [0.3, 0.4) is 0 Å². The van der Waals surface area contributed by atoms with E-state index >= 15 is 0 Å². The van der Waals surface area contributed by atoms with Crippen LogP contribution in [-0.4, -0.2) is 21.8 Å². The summed E-state index contributed by atoms with van der Waals surface area (Å²) in [6, 6.07) is 5.66. The van der Waals surface area contributed by atoms with Crippen LogP contribution in [0.5, 0.6) is 0 Å². The summed E-state index contributed by atoms with van der Waals surface area (Å²) in [6.07, 6.45) is 4.28. The highest BCUT2D eigenvalue weighted by molar-refractivity contribution is 7.13. The molecule has 1 amide bonds. The third-order valence-electron chi connectivity index (χ3n) is 3.96. The Hall–Kier alpha value is -2.48. The molecule has 0 spiro atoms. The van der Waals surface area contributed by atoms with E-state index in [0.717, 1.165) is 37.1 Å². The van der Waals surface area contributed by atoms with Crippen LogP contribution < -0.4 is 16.8 Å². The van der Waals surface area contributed by atoms with Crippen LogP contribution in [0.15, 0.2) is 28.6 Å². The summed E-state index contributed by atoms with van der Waals surface area (Å²) < 4.78 is 0. The molecule has 1 fully saturated rings. The largest absolute Gasteiger partial charge is 0.370 e. The second-order valence-corrected chi connectivity index (χ2v) is 6.60. The zero-order valence-corrected chi connectivity index (χ0v) is 14.1. The summed E-state index contributed by atoms with van der Waals surface area (Å²) in [6.45, 7) is 0.425. The Labute approximate surface area is 144 Å². The number of pyridine rings is 1. The molecule has 3 rings (SSSR count). The number of guanidine groups is 1. The number of thiazole rings is 1. The average molecular weight is 344 g/mol. The fourth-order valence-electron chi connectivity index (χ4n) is 2.77. The standard InChI is InChI=1S/C16H20N6OS/c17-15(18)22-16-21-13(9-24-16)12-7-3-6-11(20-12)8-19-14(23)10-4-1-2-5-10/h3,6-7,9-10H,1-2,4-5,8H2,(H,19,23)(H4,17,18,21,22). The van der Waals surface area contributed by atoms with E-state index in [2.05, 4.69) is 20.3 Å². The van der Waals surface area contributed by atoms with Gasteiger partial charge in [-0.05, 0) is 25.0 Å². The van der Waals surface area contributed by atoms with Gasteiger partial charge in [0.15, 0.2) is 5.96 Å². The quantitative estimate of drug-likeness (QED) is 0.565. The Kier molecular flexibility index (Phi) is 5.05. The molecule has 2 aromatic heterocycles. The molecule has 8 heteroatoms. The fourth-order valence-corrected chi connectivity index (χ4v) is 3.47. The van der Waals surface area contributed by atoms with Crippen molar-refractivity contribution in [2.24, 2.45) is 22.4 Å². The van der Waals surface area contributed by atoms with Crippen LogP contribution in [0, 0.1) is 5.92 Å². The summed E-state index contributed by atoms with van der Waals surface area (Å²) in [7, 11) is 0. The van der Waals surface area contributed by atoms with Gasteiger partial charge in [-0.3, -0.25) is 4.79 Å². The van der Waals surface area contributed by atoms with Gasteiger partial charge in [-0.1, -0.05) is 18.9 Å². The number of carbonyl (C=O) groups excluding carboxylic acids is 1.